The van der Waals surface area contributed by atoms with Gasteiger partial charge in [0.2, 0.25) is 5.91 Å². The molecule has 0 unspecified atom stereocenters. The molecule has 1 aliphatic carbocycles. The van der Waals surface area contributed by atoms with Crippen LogP contribution in [0, 0.1) is 5.92 Å². The maximum absolute atomic E-state index is 12.5. The lowest BCUT2D eigenvalue weighted by atomic mass is 9.70. The lowest BCUT2D eigenvalue weighted by Gasteiger charge is -2.39. The van der Waals surface area contributed by atoms with E-state index >= 15 is 0 Å². The maximum atomic E-state index is 12.5. The normalized spacial score (nSPS) is 27.4. The van der Waals surface area contributed by atoms with Crippen LogP contribution in [-0.4, -0.2) is 43.6 Å². The van der Waals surface area contributed by atoms with Gasteiger partial charge >= 0.3 is 0 Å². The molecule has 1 aromatic carbocycles. The van der Waals surface area contributed by atoms with Gasteiger partial charge in [0, 0.05) is 18.6 Å². The predicted octanol–water partition coefficient (Wildman–Crippen LogP) is 0.972. The molecule has 1 aromatic rings. The third kappa shape index (κ3) is 2.54. The van der Waals surface area contributed by atoms with Crippen molar-refractivity contribution in [2.45, 2.75) is 36.6 Å². The zero-order chi connectivity index (χ0) is 16.0. The van der Waals surface area contributed by atoms with Crippen molar-refractivity contribution in [2.24, 2.45) is 11.7 Å². The van der Waals surface area contributed by atoms with Crippen LogP contribution in [0.2, 0.25) is 0 Å². The van der Waals surface area contributed by atoms with Crippen molar-refractivity contribution in [3.05, 3.63) is 29.8 Å². The molecule has 120 valence electrons. The first kappa shape index (κ1) is 15.5. The number of rotatable bonds is 4. The van der Waals surface area contributed by atoms with Gasteiger partial charge in [-0.1, -0.05) is 25.1 Å². The van der Waals surface area contributed by atoms with E-state index in [1.807, 2.05) is 0 Å². The molecular formula is C16H22N2O3S. The van der Waals surface area contributed by atoms with Gasteiger partial charge in [-0.2, -0.15) is 0 Å². The number of benzene rings is 1. The molecule has 1 saturated carbocycles. The summed E-state index contributed by atoms with van der Waals surface area (Å²) >= 11 is 0. The fourth-order valence-electron chi connectivity index (χ4n) is 3.46. The van der Waals surface area contributed by atoms with E-state index in [4.69, 9.17) is 5.73 Å². The van der Waals surface area contributed by atoms with Gasteiger partial charge in [0.1, 0.15) is 0 Å². The number of carbonyl (C=O) groups is 1. The zero-order valence-corrected chi connectivity index (χ0v) is 13.6. The van der Waals surface area contributed by atoms with Crippen LogP contribution in [0.25, 0.3) is 0 Å². The van der Waals surface area contributed by atoms with E-state index in [1.165, 1.54) is 0 Å². The molecule has 1 heterocycles. The molecule has 1 saturated heterocycles. The second kappa shape index (κ2) is 5.35. The number of hydrogen-bond donors (Lipinski definition) is 1. The van der Waals surface area contributed by atoms with Crippen molar-refractivity contribution >= 4 is 15.7 Å². The molecule has 1 amide bonds. The van der Waals surface area contributed by atoms with E-state index in [0.717, 1.165) is 12.8 Å². The van der Waals surface area contributed by atoms with E-state index in [0.29, 0.717) is 24.6 Å². The monoisotopic (exact) mass is 322 g/mol. The highest BCUT2D eigenvalue weighted by atomic mass is 32.2. The fraction of sp³-hybridized carbons (Fsp3) is 0.562. The van der Waals surface area contributed by atoms with Gasteiger partial charge in [-0.25, -0.2) is 8.42 Å². The Balaban J connectivity index is 1.78. The average molecular weight is 322 g/mol. The van der Waals surface area contributed by atoms with Gasteiger partial charge in [0.05, 0.1) is 17.1 Å². The van der Waals surface area contributed by atoms with Gasteiger partial charge in [0.25, 0.3) is 0 Å². The van der Waals surface area contributed by atoms with Crippen LogP contribution in [0.4, 0.5) is 0 Å². The Kier molecular flexibility index (Phi) is 3.77. The minimum absolute atomic E-state index is 0.0296. The van der Waals surface area contributed by atoms with Crippen molar-refractivity contribution in [1.29, 1.82) is 0 Å². The van der Waals surface area contributed by atoms with Gasteiger partial charge in [-0.15, -0.1) is 0 Å². The Morgan fingerprint density at radius 2 is 2.14 bits per heavy atom. The Hall–Kier alpha value is -1.40. The molecule has 5 nitrogen and oxygen atoms in total. The van der Waals surface area contributed by atoms with Gasteiger partial charge in [-0.05, 0) is 30.4 Å². The van der Waals surface area contributed by atoms with E-state index < -0.39 is 9.84 Å². The van der Waals surface area contributed by atoms with Crippen LogP contribution in [0.1, 0.15) is 25.3 Å². The van der Waals surface area contributed by atoms with Crippen LogP contribution >= 0.6 is 0 Å². The van der Waals surface area contributed by atoms with Gasteiger partial charge in [-0.3, -0.25) is 4.79 Å². The molecule has 2 N–H and O–H groups in total. The number of sulfone groups is 1. The predicted molar refractivity (Wildman–Crippen MR) is 84.1 cm³/mol. The molecule has 6 heteroatoms. The molecule has 2 atom stereocenters. The smallest absolute Gasteiger partial charge is 0.227 e. The average Bonchev–Trinajstić information content (AvgIpc) is 2.72. The number of amides is 1. The summed E-state index contributed by atoms with van der Waals surface area (Å²) in [5.41, 5.74) is 6.64. The standard InChI is InChI=1S/C16H22N2O3S/c1-2-22(20,21)14-6-4-3-5-12(14)9-15(19)18-10-13-7-8-16(13,17)11-18/h3-6,13H,2,7-11,17H2,1H3/t13-,16-/m0/s1. The number of likely N-dealkylation sites (tertiary alicyclic amines) is 1. The number of nitrogens with two attached hydrogens (primary N) is 1. The summed E-state index contributed by atoms with van der Waals surface area (Å²) in [5, 5.41) is 0. The summed E-state index contributed by atoms with van der Waals surface area (Å²) in [4.78, 5) is 14.6. The highest BCUT2D eigenvalue weighted by Gasteiger charge is 2.51. The molecule has 0 bridgehead atoms. The quantitative estimate of drug-likeness (QED) is 0.896. The summed E-state index contributed by atoms with van der Waals surface area (Å²) in [5.74, 6) is 0.416. The maximum Gasteiger partial charge on any atom is 0.227 e. The highest BCUT2D eigenvalue weighted by Crippen LogP contribution is 2.42. The second-order valence-corrected chi connectivity index (χ2v) is 8.68. The first-order chi connectivity index (χ1) is 10.4. The molecule has 2 fully saturated rings. The van der Waals surface area contributed by atoms with Gasteiger partial charge in [0.15, 0.2) is 9.84 Å². The fourth-order valence-corrected chi connectivity index (χ4v) is 4.60. The molecule has 22 heavy (non-hydrogen) atoms. The van der Waals surface area contributed by atoms with Crippen LogP contribution < -0.4 is 5.73 Å². The van der Waals surface area contributed by atoms with E-state index in [9.17, 15) is 13.2 Å². The Morgan fingerprint density at radius 1 is 1.41 bits per heavy atom. The third-order valence-corrected chi connectivity index (χ3v) is 6.91. The minimum Gasteiger partial charge on any atom is -0.340 e. The molecule has 0 radical (unpaired) electrons. The van der Waals surface area contributed by atoms with Crippen LogP contribution in [0.15, 0.2) is 29.2 Å². The van der Waals surface area contributed by atoms with Crippen LogP contribution in [0.3, 0.4) is 0 Å². The number of fused-ring (bicyclic) bond motifs is 1. The molecule has 0 aromatic heterocycles. The number of hydrogen-bond acceptors (Lipinski definition) is 4. The van der Waals surface area contributed by atoms with Crippen molar-refractivity contribution in [1.82, 2.24) is 4.90 Å². The number of nitrogens with zero attached hydrogens (tertiary/aromatic N) is 1. The lowest BCUT2D eigenvalue weighted by molar-refractivity contribution is -0.129. The summed E-state index contributed by atoms with van der Waals surface area (Å²) in [6.45, 7) is 2.92. The SMILES string of the molecule is CCS(=O)(=O)c1ccccc1CC(=O)N1C[C@@H]2CC[C@]2(N)C1. The van der Waals surface area contributed by atoms with Crippen molar-refractivity contribution in [3.63, 3.8) is 0 Å². The molecule has 1 aliphatic heterocycles. The van der Waals surface area contributed by atoms with Crippen molar-refractivity contribution < 1.29 is 13.2 Å². The van der Waals surface area contributed by atoms with Crippen molar-refractivity contribution in [3.8, 4) is 0 Å². The molecular weight excluding hydrogens is 300 g/mol. The summed E-state index contributed by atoms with van der Waals surface area (Å²) in [6, 6.07) is 6.78. The largest absolute Gasteiger partial charge is 0.340 e. The molecule has 0 spiro atoms. The second-order valence-electron chi connectivity index (χ2n) is 6.43. The third-order valence-electron chi connectivity index (χ3n) is 5.08. The topological polar surface area (TPSA) is 80.5 Å². The Labute approximate surface area is 131 Å². The summed E-state index contributed by atoms with van der Waals surface area (Å²) in [6.07, 6.45) is 2.18. The minimum atomic E-state index is -3.31. The number of carbonyl (C=O) groups excluding carboxylic acids is 1. The van der Waals surface area contributed by atoms with Crippen LogP contribution in [0.5, 0.6) is 0 Å². The first-order valence-corrected chi connectivity index (χ1v) is 9.38. The first-order valence-electron chi connectivity index (χ1n) is 7.73. The Bertz CT molecular complexity index is 701. The zero-order valence-electron chi connectivity index (χ0n) is 12.8. The van der Waals surface area contributed by atoms with E-state index in [2.05, 4.69) is 0 Å². The molecule has 3 rings (SSSR count). The highest BCUT2D eigenvalue weighted by molar-refractivity contribution is 7.91. The van der Waals surface area contributed by atoms with E-state index in [-0.39, 0.29) is 28.5 Å². The van der Waals surface area contributed by atoms with Gasteiger partial charge < -0.3 is 10.6 Å². The van der Waals surface area contributed by atoms with Crippen LogP contribution in [-0.2, 0) is 21.1 Å². The van der Waals surface area contributed by atoms with Crippen molar-refractivity contribution in [2.75, 3.05) is 18.8 Å². The summed E-state index contributed by atoms with van der Waals surface area (Å²) < 4.78 is 24.3. The summed E-state index contributed by atoms with van der Waals surface area (Å²) in [7, 11) is -3.31. The Morgan fingerprint density at radius 3 is 2.68 bits per heavy atom. The lowest BCUT2D eigenvalue weighted by Crippen LogP contribution is -2.54. The van der Waals surface area contributed by atoms with E-state index in [1.54, 1.807) is 36.1 Å². The molecule has 2 aliphatic rings.